The van der Waals surface area contributed by atoms with Crippen molar-refractivity contribution in [2.24, 2.45) is 0 Å². The lowest BCUT2D eigenvalue weighted by atomic mass is 10.0. The largest absolute Gasteiger partial charge is 0.349 e. The van der Waals surface area contributed by atoms with Gasteiger partial charge in [-0.2, -0.15) is 0 Å². The first-order valence-electron chi connectivity index (χ1n) is 9.32. The summed E-state index contributed by atoms with van der Waals surface area (Å²) < 4.78 is 13.9. The number of nitrogens with zero attached hydrogens (tertiary/aromatic N) is 3. The molecule has 2 aromatic heterocycles. The highest BCUT2D eigenvalue weighted by molar-refractivity contribution is 7.16. The molecule has 8 heteroatoms. The maximum atomic E-state index is 13.9. The van der Waals surface area contributed by atoms with E-state index in [4.69, 9.17) is 0 Å². The molecule has 0 unspecified atom stereocenters. The maximum absolute atomic E-state index is 13.9. The summed E-state index contributed by atoms with van der Waals surface area (Å²) in [5.74, 6) is -0.618. The third-order valence-electron chi connectivity index (χ3n) is 4.86. The first-order chi connectivity index (χ1) is 14.1. The highest BCUT2D eigenvalue weighted by Gasteiger charge is 2.26. The molecular weight excluding hydrogens is 391 g/mol. The fourth-order valence-corrected chi connectivity index (χ4v) is 4.19. The van der Waals surface area contributed by atoms with E-state index in [-0.39, 0.29) is 23.7 Å². The summed E-state index contributed by atoms with van der Waals surface area (Å²) >= 11 is 1.19. The van der Waals surface area contributed by atoms with Crippen LogP contribution in [0.3, 0.4) is 0 Å². The van der Waals surface area contributed by atoms with Gasteiger partial charge in [0.15, 0.2) is 0 Å². The molecule has 1 aliphatic heterocycles. The molecule has 1 aliphatic rings. The van der Waals surface area contributed by atoms with Gasteiger partial charge in [0.1, 0.15) is 15.7 Å². The first-order valence-corrected chi connectivity index (χ1v) is 10.1. The Labute approximate surface area is 171 Å². The molecule has 0 saturated carbocycles. The van der Waals surface area contributed by atoms with E-state index in [0.717, 1.165) is 0 Å². The van der Waals surface area contributed by atoms with Crippen LogP contribution in [0.1, 0.15) is 32.9 Å². The Kier molecular flexibility index (Phi) is 5.62. The molecule has 0 radical (unpaired) electrons. The molecule has 1 fully saturated rings. The Morgan fingerprint density at radius 3 is 2.62 bits per heavy atom. The van der Waals surface area contributed by atoms with Gasteiger partial charge in [-0.15, -0.1) is 11.3 Å². The van der Waals surface area contributed by atoms with Crippen LogP contribution in [-0.2, 0) is 0 Å². The van der Waals surface area contributed by atoms with Gasteiger partial charge in [-0.25, -0.2) is 9.37 Å². The Morgan fingerprint density at radius 2 is 1.90 bits per heavy atom. The second kappa shape index (κ2) is 8.48. The molecule has 4 rings (SSSR count). The third kappa shape index (κ3) is 4.32. The number of pyridine rings is 1. The van der Waals surface area contributed by atoms with Gasteiger partial charge in [0.2, 0.25) is 0 Å². The number of hydrogen-bond donors (Lipinski definition) is 1. The average molecular weight is 410 g/mol. The van der Waals surface area contributed by atoms with Gasteiger partial charge in [0.25, 0.3) is 11.8 Å². The van der Waals surface area contributed by atoms with Crippen molar-refractivity contribution < 1.29 is 14.0 Å². The van der Waals surface area contributed by atoms with Crippen molar-refractivity contribution in [3.8, 4) is 10.6 Å². The number of carbonyl (C=O) groups is 2. The minimum atomic E-state index is -0.356. The van der Waals surface area contributed by atoms with Crippen LogP contribution in [0.4, 0.5) is 4.39 Å². The Hall–Kier alpha value is -3.13. The molecule has 0 aliphatic carbocycles. The van der Waals surface area contributed by atoms with Crippen molar-refractivity contribution >= 4 is 23.2 Å². The minimum absolute atomic E-state index is 0.0159. The number of aromatic nitrogens is 2. The lowest BCUT2D eigenvalue weighted by Gasteiger charge is -2.32. The third-order valence-corrected chi connectivity index (χ3v) is 5.88. The molecule has 2 amide bonds. The summed E-state index contributed by atoms with van der Waals surface area (Å²) in [4.78, 5) is 35.4. The molecule has 6 nitrogen and oxygen atoms in total. The number of hydrogen-bond acceptors (Lipinski definition) is 5. The van der Waals surface area contributed by atoms with Crippen molar-refractivity contribution in [2.45, 2.75) is 18.9 Å². The number of rotatable bonds is 4. The highest BCUT2D eigenvalue weighted by atomic mass is 32.1. The van der Waals surface area contributed by atoms with Crippen molar-refractivity contribution in [2.75, 3.05) is 13.1 Å². The summed E-state index contributed by atoms with van der Waals surface area (Å²) in [6, 6.07) is 9.85. The van der Waals surface area contributed by atoms with E-state index in [9.17, 15) is 14.0 Å². The van der Waals surface area contributed by atoms with Gasteiger partial charge in [0.05, 0.1) is 11.8 Å². The predicted octanol–water partition coefficient (Wildman–Crippen LogP) is 3.38. The van der Waals surface area contributed by atoms with Crippen LogP contribution in [0.25, 0.3) is 10.6 Å². The molecule has 3 aromatic rings. The molecule has 1 saturated heterocycles. The average Bonchev–Trinajstić information content (AvgIpc) is 3.25. The topological polar surface area (TPSA) is 75.2 Å². The zero-order valence-corrected chi connectivity index (χ0v) is 16.4. The number of thiazole rings is 1. The van der Waals surface area contributed by atoms with E-state index < -0.39 is 0 Å². The van der Waals surface area contributed by atoms with Crippen molar-refractivity contribution in [1.82, 2.24) is 20.2 Å². The monoisotopic (exact) mass is 410 g/mol. The first kappa shape index (κ1) is 19.2. The van der Waals surface area contributed by atoms with E-state index in [2.05, 4.69) is 15.3 Å². The van der Waals surface area contributed by atoms with Crippen LogP contribution < -0.4 is 5.32 Å². The normalized spacial score (nSPS) is 14.6. The molecule has 0 bridgehead atoms. The predicted molar refractivity (Wildman–Crippen MR) is 108 cm³/mol. The molecule has 0 atom stereocenters. The van der Waals surface area contributed by atoms with E-state index in [1.54, 1.807) is 41.4 Å². The number of amides is 2. The fourth-order valence-electron chi connectivity index (χ4n) is 3.28. The highest BCUT2D eigenvalue weighted by Crippen LogP contribution is 2.28. The maximum Gasteiger partial charge on any atom is 0.265 e. The molecule has 1 aromatic carbocycles. The minimum Gasteiger partial charge on any atom is -0.349 e. The van der Waals surface area contributed by atoms with Crippen molar-refractivity contribution in [1.29, 1.82) is 0 Å². The second-order valence-electron chi connectivity index (χ2n) is 6.79. The number of halogens is 1. The van der Waals surface area contributed by atoms with E-state index in [1.165, 1.54) is 29.8 Å². The van der Waals surface area contributed by atoms with Crippen LogP contribution in [0.5, 0.6) is 0 Å². The number of carbonyl (C=O) groups excluding carboxylic acids is 2. The molecule has 29 heavy (non-hydrogen) atoms. The summed E-state index contributed by atoms with van der Waals surface area (Å²) in [5.41, 5.74) is 0.921. The standard InChI is InChI=1S/C21H19FN4O2S/c22-17-6-2-1-5-16(17)20-24-13-18(29-20)21(28)26-10-7-15(8-11-26)25-19(27)14-4-3-9-23-12-14/h1-6,9,12-13,15H,7-8,10-11H2,(H,25,27). The lowest BCUT2D eigenvalue weighted by molar-refractivity contribution is 0.0702. The summed E-state index contributed by atoms with van der Waals surface area (Å²) in [7, 11) is 0. The second-order valence-corrected chi connectivity index (χ2v) is 7.82. The molecule has 0 spiro atoms. The van der Waals surface area contributed by atoms with Gasteiger partial charge in [-0.1, -0.05) is 12.1 Å². The van der Waals surface area contributed by atoms with Gasteiger partial charge >= 0.3 is 0 Å². The zero-order chi connectivity index (χ0) is 20.2. The summed E-state index contributed by atoms with van der Waals surface area (Å²) in [5, 5.41) is 3.49. The zero-order valence-electron chi connectivity index (χ0n) is 15.5. The van der Waals surface area contributed by atoms with Crippen LogP contribution in [-0.4, -0.2) is 45.8 Å². The van der Waals surface area contributed by atoms with Gasteiger partial charge < -0.3 is 10.2 Å². The van der Waals surface area contributed by atoms with E-state index in [0.29, 0.717) is 46.9 Å². The van der Waals surface area contributed by atoms with Gasteiger partial charge in [-0.3, -0.25) is 14.6 Å². The van der Waals surface area contributed by atoms with Gasteiger partial charge in [0, 0.05) is 37.1 Å². The Bertz CT molecular complexity index is 1020. The van der Waals surface area contributed by atoms with Crippen molar-refractivity contribution in [3.63, 3.8) is 0 Å². The van der Waals surface area contributed by atoms with Crippen LogP contribution in [0.15, 0.2) is 55.0 Å². The van der Waals surface area contributed by atoms with Crippen LogP contribution in [0.2, 0.25) is 0 Å². The summed E-state index contributed by atoms with van der Waals surface area (Å²) in [6.45, 7) is 1.09. The van der Waals surface area contributed by atoms with Gasteiger partial charge in [-0.05, 0) is 37.1 Å². The quantitative estimate of drug-likeness (QED) is 0.716. The summed E-state index contributed by atoms with van der Waals surface area (Å²) in [6.07, 6.45) is 6.02. The molecular formula is C21H19FN4O2S. The van der Waals surface area contributed by atoms with Crippen molar-refractivity contribution in [3.05, 3.63) is 71.2 Å². The fraction of sp³-hybridized carbons (Fsp3) is 0.238. The van der Waals surface area contributed by atoms with E-state index in [1.807, 2.05) is 0 Å². The molecule has 3 heterocycles. The SMILES string of the molecule is O=C(NC1CCN(C(=O)c2cnc(-c3ccccc3F)s2)CC1)c1cccnc1. The smallest absolute Gasteiger partial charge is 0.265 e. The number of benzene rings is 1. The number of likely N-dealkylation sites (tertiary alicyclic amines) is 1. The Morgan fingerprint density at radius 1 is 1.10 bits per heavy atom. The lowest BCUT2D eigenvalue weighted by Crippen LogP contribution is -2.46. The van der Waals surface area contributed by atoms with Crippen LogP contribution in [0, 0.1) is 5.82 Å². The Balaban J connectivity index is 1.35. The molecule has 1 N–H and O–H groups in total. The number of nitrogens with one attached hydrogen (secondary N) is 1. The molecule has 148 valence electrons. The van der Waals surface area contributed by atoms with E-state index >= 15 is 0 Å². The van der Waals surface area contributed by atoms with Crippen LogP contribution >= 0.6 is 11.3 Å². The number of piperidine rings is 1.